The third-order valence-corrected chi connectivity index (χ3v) is 3.08. The molecule has 1 saturated carbocycles. The van der Waals surface area contributed by atoms with E-state index in [1.54, 1.807) is 0 Å². The highest BCUT2D eigenvalue weighted by Gasteiger charge is 2.44. The van der Waals surface area contributed by atoms with Gasteiger partial charge in [-0.05, 0) is 24.6 Å². The lowest BCUT2D eigenvalue weighted by atomic mass is 9.69. The van der Waals surface area contributed by atoms with Crippen molar-refractivity contribution in [3.63, 3.8) is 0 Å². The number of hydrogen-bond donors (Lipinski definition) is 1. The van der Waals surface area contributed by atoms with Crippen LogP contribution in [0.5, 0.6) is 0 Å². The molecule has 2 heteroatoms. The largest absolute Gasteiger partial charge is 0.362 e. The average molecular weight is 185 g/mol. The Morgan fingerprint density at radius 2 is 2.43 bits per heavy atom. The molecular weight excluding hydrogens is 174 g/mol. The van der Waals surface area contributed by atoms with Gasteiger partial charge in [0, 0.05) is 29.3 Å². The van der Waals surface area contributed by atoms with Crippen LogP contribution in [-0.4, -0.2) is 10.8 Å². The predicted molar refractivity (Wildman–Crippen MR) is 54.5 cm³/mol. The van der Waals surface area contributed by atoms with E-state index in [0.717, 1.165) is 17.7 Å². The van der Waals surface area contributed by atoms with Gasteiger partial charge in [-0.2, -0.15) is 0 Å². The van der Waals surface area contributed by atoms with E-state index in [9.17, 15) is 4.79 Å². The van der Waals surface area contributed by atoms with E-state index in [1.165, 1.54) is 0 Å². The molecule has 0 unspecified atom stereocenters. The van der Waals surface area contributed by atoms with E-state index in [0.29, 0.717) is 11.7 Å². The maximum Gasteiger partial charge on any atom is 0.163 e. The van der Waals surface area contributed by atoms with Gasteiger partial charge in [-0.15, -0.1) is 0 Å². The Morgan fingerprint density at radius 1 is 1.50 bits per heavy atom. The second-order valence-corrected chi connectivity index (χ2v) is 3.89. The van der Waals surface area contributed by atoms with E-state index in [4.69, 9.17) is 0 Å². The van der Waals surface area contributed by atoms with Crippen LogP contribution in [0.2, 0.25) is 0 Å². The summed E-state index contributed by atoms with van der Waals surface area (Å²) in [7, 11) is 0. The van der Waals surface area contributed by atoms with Crippen LogP contribution in [-0.2, 0) is 4.79 Å². The lowest BCUT2D eigenvalue weighted by molar-refractivity contribution is -0.124. The number of aromatic amines is 1. The van der Waals surface area contributed by atoms with Gasteiger partial charge in [0.1, 0.15) is 0 Å². The third-order valence-electron chi connectivity index (χ3n) is 3.08. The summed E-state index contributed by atoms with van der Waals surface area (Å²) in [5, 5.41) is 0. The molecule has 2 aliphatic carbocycles. The molecule has 0 saturated heterocycles. The van der Waals surface area contributed by atoms with Crippen molar-refractivity contribution in [1.29, 1.82) is 0 Å². The molecule has 3 rings (SSSR count). The zero-order valence-corrected chi connectivity index (χ0v) is 7.73. The number of H-pyrrole nitrogens is 1. The van der Waals surface area contributed by atoms with Crippen LogP contribution >= 0.6 is 0 Å². The fraction of sp³-hybridized carbons (Fsp3) is 0.250. The second-order valence-electron chi connectivity index (χ2n) is 3.89. The van der Waals surface area contributed by atoms with Gasteiger partial charge in [0.25, 0.3) is 0 Å². The Bertz CT molecular complexity index is 425. The van der Waals surface area contributed by atoms with E-state index in [-0.39, 0.29) is 5.92 Å². The molecule has 2 nitrogen and oxygen atoms in total. The summed E-state index contributed by atoms with van der Waals surface area (Å²) in [6.07, 6.45) is 9.05. The Balaban J connectivity index is 1.93. The van der Waals surface area contributed by atoms with E-state index in [1.807, 2.05) is 24.4 Å². The van der Waals surface area contributed by atoms with Crippen molar-refractivity contribution in [3.8, 4) is 0 Å². The Labute approximate surface area is 82.3 Å². The minimum Gasteiger partial charge on any atom is -0.362 e. The normalized spacial score (nSPS) is 32.0. The zero-order valence-electron chi connectivity index (χ0n) is 7.73. The lowest BCUT2D eigenvalue weighted by Gasteiger charge is -2.31. The average Bonchev–Trinajstić information content (AvgIpc) is 2.83. The number of fused-ring (bicyclic) bond motifs is 1. The minimum atomic E-state index is 0.260. The van der Waals surface area contributed by atoms with Gasteiger partial charge < -0.3 is 4.98 Å². The fourth-order valence-electron chi connectivity index (χ4n) is 2.29. The number of rotatable bonds is 1. The quantitative estimate of drug-likeness (QED) is 0.528. The summed E-state index contributed by atoms with van der Waals surface area (Å²) in [5.41, 5.74) is 1.98. The number of ketones is 1. The van der Waals surface area contributed by atoms with Gasteiger partial charge in [-0.3, -0.25) is 4.79 Å². The van der Waals surface area contributed by atoms with Gasteiger partial charge in [0.2, 0.25) is 0 Å². The molecular formula is C12H11NO. The summed E-state index contributed by atoms with van der Waals surface area (Å²) in [4.78, 5) is 14.7. The Kier molecular flexibility index (Phi) is 1.51. The molecule has 1 aromatic rings. The first kappa shape index (κ1) is 7.80. The van der Waals surface area contributed by atoms with Crippen molar-refractivity contribution in [1.82, 2.24) is 4.98 Å². The first-order valence-corrected chi connectivity index (χ1v) is 4.92. The topological polar surface area (TPSA) is 32.9 Å². The summed E-state index contributed by atoms with van der Waals surface area (Å²) in [6.45, 7) is 0. The van der Waals surface area contributed by atoms with E-state index < -0.39 is 0 Å². The molecule has 2 atom stereocenters. The van der Waals surface area contributed by atoms with Crippen molar-refractivity contribution in [2.24, 2.45) is 11.8 Å². The molecule has 1 aromatic heterocycles. The van der Waals surface area contributed by atoms with Gasteiger partial charge in [0.15, 0.2) is 5.78 Å². The first-order valence-electron chi connectivity index (χ1n) is 4.92. The minimum absolute atomic E-state index is 0.260. The number of allylic oxidation sites excluding steroid dienone is 3. The van der Waals surface area contributed by atoms with Gasteiger partial charge >= 0.3 is 0 Å². The zero-order chi connectivity index (χ0) is 9.54. The van der Waals surface area contributed by atoms with Gasteiger partial charge in [-0.25, -0.2) is 0 Å². The number of Topliss-reactive ketones (excluding diaryl/α,β-unsaturated/α-hetero) is 1. The van der Waals surface area contributed by atoms with Crippen LogP contribution in [0.25, 0.3) is 6.08 Å². The number of carbonyl (C=O) groups is 1. The molecule has 0 aliphatic heterocycles. The molecule has 2 aliphatic rings. The van der Waals surface area contributed by atoms with Crippen LogP contribution in [0.3, 0.4) is 0 Å². The van der Waals surface area contributed by atoms with Crippen molar-refractivity contribution >= 4 is 11.9 Å². The number of nitrogens with one attached hydrogen (secondary N) is 1. The fourth-order valence-corrected chi connectivity index (χ4v) is 2.29. The van der Waals surface area contributed by atoms with Crippen LogP contribution < -0.4 is 0 Å². The maximum atomic E-state index is 11.6. The molecule has 0 amide bonds. The summed E-state index contributed by atoms with van der Waals surface area (Å²) >= 11 is 0. The summed E-state index contributed by atoms with van der Waals surface area (Å²) < 4.78 is 0. The molecule has 0 aromatic carbocycles. The van der Waals surface area contributed by atoms with E-state index >= 15 is 0 Å². The molecule has 1 fully saturated rings. The van der Waals surface area contributed by atoms with Crippen LogP contribution in [0.4, 0.5) is 0 Å². The van der Waals surface area contributed by atoms with Crippen molar-refractivity contribution in [2.45, 2.75) is 6.42 Å². The van der Waals surface area contributed by atoms with Crippen molar-refractivity contribution in [2.75, 3.05) is 0 Å². The van der Waals surface area contributed by atoms with Gasteiger partial charge in [-0.1, -0.05) is 12.2 Å². The molecule has 14 heavy (non-hydrogen) atoms. The smallest absolute Gasteiger partial charge is 0.163 e. The molecule has 1 heterocycles. The Morgan fingerprint density at radius 3 is 3.21 bits per heavy atom. The van der Waals surface area contributed by atoms with E-state index in [2.05, 4.69) is 17.1 Å². The number of carbonyl (C=O) groups excluding carboxylic acids is 1. The summed E-state index contributed by atoms with van der Waals surface area (Å²) in [6, 6.07) is 3.92. The molecule has 70 valence electrons. The number of aromatic nitrogens is 1. The third kappa shape index (κ3) is 0.939. The highest BCUT2D eigenvalue weighted by atomic mass is 16.1. The highest BCUT2D eigenvalue weighted by molar-refractivity contribution is 6.09. The molecule has 0 bridgehead atoms. The molecule has 0 radical (unpaired) electrons. The number of hydrogen-bond acceptors (Lipinski definition) is 1. The lowest BCUT2D eigenvalue weighted by Crippen LogP contribution is -2.36. The van der Waals surface area contributed by atoms with Crippen molar-refractivity contribution in [3.05, 3.63) is 41.7 Å². The van der Waals surface area contributed by atoms with Crippen LogP contribution in [0.15, 0.2) is 36.1 Å². The highest BCUT2D eigenvalue weighted by Crippen LogP contribution is 2.44. The maximum absolute atomic E-state index is 11.6. The van der Waals surface area contributed by atoms with Gasteiger partial charge in [0.05, 0.1) is 0 Å². The standard InChI is InChI=1S/C12H11NO/c14-12-10-5-1-4-9(10)11(12)7-8-3-2-6-13-8/h1-4,6-7,9-10,13H,5H2/b11-7-/t9-,10+/m1/s1. The SMILES string of the molecule is O=C1/C(=C\c2ccc[nH]2)[C@@H]2C=CC[C@H]12. The molecule has 1 N–H and O–H groups in total. The first-order chi connectivity index (χ1) is 6.86. The van der Waals surface area contributed by atoms with Crippen LogP contribution in [0, 0.1) is 11.8 Å². The predicted octanol–water partition coefficient (Wildman–Crippen LogP) is 2.17. The Hall–Kier alpha value is -1.57. The van der Waals surface area contributed by atoms with Crippen molar-refractivity contribution < 1.29 is 4.79 Å². The monoisotopic (exact) mass is 185 g/mol. The van der Waals surface area contributed by atoms with Crippen LogP contribution in [0.1, 0.15) is 12.1 Å². The second kappa shape index (κ2) is 2.71. The summed E-state index contributed by atoms with van der Waals surface area (Å²) in [5.74, 6) is 0.983. The molecule has 0 spiro atoms.